The highest BCUT2D eigenvalue weighted by atomic mass is 16.6. The van der Waals surface area contributed by atoms with Gasteiger partial charge in [0, 0.05) is 24.9 Å². The Hall–Kier alpha value is -3.16. The molecule has 30 heavy (non-hydrogen) atoms. The van der Waals surface area contributed by atoms with Crippen molar-refractivity contribution < 1.29 is 14.3 Å². The molecule has 8 nitrogen and oxygen atoms in total. The van der Waals surface area contributed by atoms with Crippen molar-refractivity contribution in [2.75, 3.05) is 24.6 Å². The summed E-state index contributed by atoms with van der Waals surface area (Å²) in [7, 11) is 0. The van der Waals surface area contributed by atoms with Gasteiger partial charge in [-0.2, -0.15) is 0 Å². The number of aromatic nitrogens is 2. The van der Waals surface area contributed by atoms with Crippen LogP contribution in [0.2, 0.25) is 0 Å². The second kappa shape index (κ2) is 10.6. The molecule has 2 fully saturated rings. The molecule has 1 saturated heterocycles. The largest absolute Gasteiger partial charge is 0.447 e. The lowest BCUT2D eigenvalue weighted by atomic mass is 10.2. The molecule has 3 rings (SSSR count). The van der Waals surface area contributed by atoms with E-state index in [1.165, 1.54) is 19.2 Å². The number of hydrogen-bond donors (Lipinski definition) is 2. The predicted octanol–water partition coefficient (Wildman–Crippen LogP) is 2.96. The Morgan fingerprint density at radius 3 is 2.93 bits per heavy atom. The molecule has 8 heteroatoms. The van der Waals surface area contributed by atoms with Crippen molar-refractivity contribution >= 4 is 17.8 Å². The van der Waals surface area contributed by atoms with Crippen LogP contribution in [0.25, 0.3) is 0 Å². The van der Waals surface area contributed by atoms with E-state index in [-0.39, 0.29) is 18.0 Å². The molecule has 0 aromatic carbocycles. The summed E-state index contributed by atoms with van der Waals surface area (Å²) in [5, 5.41) is 5.53. The van der Waals surface area contributed by atoms with E-state index < -0.39 is 0 Å². The lowest BCUT2D eigenvalue weighted by molar-refractivity contribution is 0.0962. The van der Waals surface area contributed by atoms with Crippen molar-refractivity contribution in [3.8, 4) is 0 Å². The lowest BCUT2D eigenvalue weighted by Gasteiger charge is -2.23. The van der Waals surface area contributed by atoms with E-state index in [1.54, 1.807) is 18.2 Å². The Labute approximate surface area is 177 Å². The van der Waals surface area contributed by atoms with E-state index >= 15 is 0 Å². The normalized spacial score (nSPS) is 18.8. The summed E-state index contributed by atoms with van der Waals surface area (Å²) in [6, 6.07) is 1.72. The third-order valence-corrected chi connectivity index (χ3v) is 4.93. The molecule has 160 valence electrons. The molecule has 1 unspecified atom stereocenters. The highest BCUT2D eigenvalue weighted by Crippen LogP contribution is 2.31. The van der Waals surface area contributed by atoms with Crippen LogP contribution in [0.1, 0.15) is 43.1 Å². The Morgan fingerprint density at radius 2 is 2.27 bits per heavy atom. The summed E-state index contributed by atoms with van der Waals surface area (Å²) in [5.41, 5.74) is 0.881. The number of amides is 2. The SMILES string of the molecule is C=CC(=CC=CCC1COC(=O)N1)NC(=O)c1cc(N(CCC)CC2CC2)ncn1. The molecular formula is C22H29N5O3. The van der Waals surface area contributed by atoms with Crippen LogP contribution < -0.4 is 15.5 Å². The minimum atomic E-state index is -0.387. The fraction of sp³-hybridized carbons (Fsp3) is 0.455. The first-order chi connectivity index (χ1) is 14.6. The van der Waals surface area contributed by atoms with Crippen molar-refractivity contribution in [1.29, 1.82) is 0 Å². The highest BCUT2D eigenvalue weighted by Gasteiger charge is 2.25. The van der Waals surface area contributed by atoms with Gasteiger partial charge in [-0.05, 0) is 43.8 Å². The molecule has 2 heterocycles. The number of alkyl carbamates (subject to hydrolysis) is 1. The van der Waals surface area contributed by atoms with Crippen LogP contribution in [0.15, 0.2) is 49.0 Å². The van der Waals surface area contributed by atoms with Crippen LogP contribution in [-0.2, 0) is 4.74 Å². The van der Waals surface area contributed by atoms with Crippen LogP contribution >= 0.6 is 0 Å². The third-order valence-electron chi connectivity index (χ3n) is 4.93. The van der Waals surface area contributed by atoms with Crippen LogP contribution in [-0.4, -0.2) is 47.7 Å². The average molecular weight is 412 g/mol. The lowest BCUT2D eigenvalue weighted by Crippen LogP contribution is -2.29. The second-order valence-corrected chi connectivity index (χ2v) is 7.53. The average Bonchev–Trinajstić information content (AvgIpc) is 3.48. The first-order valence-corrected chi connectivity index (χ1v) is 10.4. The topological polar surface area (TPSA) is 96.5 Å². The Kier molecular flexibility index (Phi) is 7.59. The van der Waals surface area contributed by atoms with E-state index in [0.29, 0.717) is 24.4 Å². The number of carbonyl (C=O) groups is 2. The maximum Gasteiger partial charge on any atom is 0.407 e. The van der Waals surface area contributed by atoms with Crippen LogP contribution in [0.3, 0.4) is 0 Å². The second-order valence-electron chi connectivity index (χ2n) is 7.53. The van der Waals surface area contributed by atoms with E-state index in [1.807, 2.05) is 12.2 Å². The number of ether oxygens (including phenoxy) is 1. The molecule has 2 N–H and O–H groups in total. The fourth-order valence-electron chi connectivity index (χ4n) is 3.15. The third kappa shape index (κ3) is 6.43. The number of nitrogens with one attached hydrogen (secondary N) is 2. The summed E-state index contributed by atoms with van der Waals surface area (Å²) in [5.74, 6) is 1.21. The van der Waals surface area contributed by atoms with Crippen LogP contribution in [0.5, 0.6) is 0 Å². The van der Waals surface area contributed by atoms with Gasteiger partial charge >= 0.3 is 6.09 Å². The zero-order valence-electron chi connectivity index (χ0n) is 17.3. The number of nitrogens with zero attached hydrogens (tertiary/aromatic N) is 3. The molecule has 2 amide bonds. The molecule has 1 atom stereocenters. The zero-order chi connectivity index (χ0) is 21.3. The van der Waals surface area contributed by atoms with Gasteiger partial charge in [-0.25, -0.2) is 14.8 Å². The van der Waals surface area contributed by atoms with Crippen molar-refractivity contribution in [1.82, 2.24) is 20.6 Å². The van der Waals surface area contributed by atoms with E-state index in [0.717, 1.165) is 31.2 Å². The van der Waals surface area contributed by atoms with Gasteiger partial charge < -0.3 is 20.3 Å². The van der Waals surface area contributed by atoms with Gasteiger partial charge in [-0.15, -0.1) is 0 Å². The number of anilines is 1. The highest BCUT2D eigenvalue weighted by molar-refractivity contribution is 5.94. The first-order valence-electron chi connectivity index (χ1n) is 10.4. The quantitative estimate of drug-likeness (QED) is 0.544. The molecule has 1 aliphatic heterocycles. The number of rotatable bonds is 11. The fourth-order valence-corrected chi connectivity index (χ4v) is 3.15. The number of hydrogen-bond acceptors (Lipinski definition) is 6. The smallest absolute Gasteiger partial charge is 0.407 e. The Morgan fingerprint density at radius 1 is 1.43 bits per heavy atom. The Balaban J connectivity index is 1.59. The number of carbonyl (C=O) groups excluding carboxylic acids is 2. The van der Waals surface area contributed by atoms with Crippen molar-refractivity contribution in [3.05, 3.63) is 54.7 Å². The standard InChI is InChI=1S/C22H29N5O3/c1-3-11-27(13-16-9-10-16)20-12-19(23-15-24-20)21(28)25-17(4-2)7-5-6-8-18-14-30-22(29)26-18/h4-7,12,15-16,18H,2-3,8-11,13-14H2,1H3,(H,25,28)(H,26,29). The van der Waals surface area contributed by atoms with E-state index in [4.69, 9.17) is 4.74 Å². The summed E-state index contributed by atoms with van der Waals surface area (Å²) in [6.45, 7) is 8.13. The van der Waals surface area contributed by atoms with Gasteiger partial charge in [0.1, 0.15) is 24.4 Å². The molecule has 1 saturated carbocycles. The summed E-state index contributed by atoms with van der Waals surface area (Å²) < 4.78 is 4.84. The zero-order valence-corrected chi connectivity index (χ0v) is 17.3. The molecule has 1 aromatic rings. The van der Waals surface area contributed by atoms with Gasteiger partial charge in [0.15, 0.2) is 0 Å². The van der Waals surface area contributed by atoms with Crippen molar-refractivity contribution in [2.45, 2.75) is 38.6 Å². The molecule has 0 bridgehead atoms. The predicted molar refractivity (Wildman–Crippen MR) is 115 cm³/mol. The summed E-state index contributed by atoms with van der Waals surface area (Å²) >= 11 is 0. The van der Waals surface area contributed by atoms with Gasteiger partial charge in [0.2, 0.25) is 0 Å². The van der Waals surface area contributed by atoms with E-state index in [9.17, 15) is 9.59 Å². The van der Waals surface area contributed by atoms with Gasteiger partial charge in [-0.3, -0.25) is 4.79 Å². The molecule has 0 spiro atoms. The maximum atomic E-state index is 12.7. The molecule has 0 radical (unpaired) electrons. The summed E-state index contributed by atoms with van der Waals surface area (Å²) in [6.07, 6.45) is 12.3. The van der Waals surface area contributed by atoms with Crippen molar-refractivity contribution in [2.24, 2.45) is 5.92 Å². The van der Waals surface area contributed by atoms with Gasteiger partial charge in [-0.1, -0.05) is 25.7 Å². The maximum absolute atomic E-state index is 12.7. The number of allylic oxidation sites excluding steroid dienone is 3. The van der Waals surface area contributed by atoms with Gasteiger partial charge in [0.05, 0.1) is 6.04 Å². The first kappa shape index (κ1) is 21.5. The molecular weight excluding hydrogens is 382 g/mol. The van der Waals surface area contributed by atoms with Crippen LogP contribution in [0.4, 0.5) is 10.6 Å². The van der Waals surface area contributed by atoms with E-state index in [2.05, 4.69) is 39.0 Å². The van der Waals surface area contributed by atoms with Crippen LogP contribution in [0, 0.1) is 5.92 Å². The molecule has 2 aliphatic rings. The minimum absolute atomic E-state index is 0.0231. The number of cyclic esters (lactones) is 1. The monoisotopic (exact) mass is 411 g/mol. The Bertz CT molecular complexity index is 832. The summed E-state index contributed by atoms with van der Waals surface area (Å²) in [4.78, 5) is 34.4. The molecule has 1 aromatic heterocycles. The molecule has 1 aliphatic carbocycles. The van der Waals surface area contributed by atoms with Crippen molar-refractivity contribution in [3.63, 3.8) is 0 Å². The van der Waals surface area contributed by atoms with Gasteiger partial charge in [0.25, 0.3) is 5.91 Å². The minimum Gasteiger partial charge on any atom is -0.447 e.